The van der Waals surface area contributed by atoms with E-state index in [1.54, 1.807) is 0 Å². The van der Waals surface area contributed by atoms with Crippen LogP contribution in [0.1, 0.15) is 10.5 Å². The highest BCUT2D eigenvalue weighted by molar-refractivity contribution is 6.02. The van der Waals surface area contributed by atoms with Gasteiger partial charge >= 0.3 is 5.97 Å². The molecular weight excluding hydrogens is 218 g/mol. The van der Waals surface area contributed by atoms with E-state index in [0.717, 1.165) is 12.1 Å². The smallest absolute Gasteiger partial charge is 0.359 e. The van der Waals surface area contributed by atoms with E-state index in [4.69, 9.17) is 0 Å². The molecule has 4 nitrogen and oxygen atoms in total. The van der Waals surface area contributed by atoms with Crippen molar-refractivity contribution in [1.29, 1.82) is 0 Å². The molecule has 6 heteroatoms. The normalized spacial score (nSPS) is 10.8. The molecule has 1 aromatic carbocycles. The van der Waals surface area contributed by atoms with Crippen LogP contribution in [0.2, 0.25) is 0 Å². The summed E-state index contributed by atoms with van der Waals surface area (Å²) in [4.78, 5) is 11.3. The van der Waals surface area contributed by atoms with E-state index < -0.39 is 17.6 Å². The lowest BCUT2D eigenvalue weighted by molar-refractivity contribution is 0.0595. The highest BCUT2D eigenvalue weighted by Crippen LogP contribution is 2.21. The van der Waals surface area contributed by atoms with Crippen LogP contribution in [0.5, 0.6) is 0 Å². The van der Waals surface area contributed by atoms with Crippen LogP contribution in [0.25, 0.3) is 10.9 Å². The number of hydrogen-bond acceptors (Lipinski definition) is 3. The molecule has 0 amide bonds. The van der Waals surface area contributed by atoms with Gasteiger partial charge in [0.25, 0.3) is 0 Å². The number of rotatable bonds is 1. The zero-order chi connectivity index (χ0) is 11.9. The maximum Gasteiger partial charge on any atom is 0.359 e. The molecule has 1 heterocycles. The Morgan fingerprint density at radius 2 is 2.00 bits per heavy atom. The number of benzene rings is 1. The molecule has 0 aliphatic carbocycles. The summed E-state index contributed by atoms with van der Waals surface area (Å²) in [5.41, 5.74) is 0.304. The zero-order valence-electron chi connectivity index (χ0n) is 8.62. The zero-order valence-corrected chi connectivity index (χ0v) is 8.62. The first-order valence-electron chi connectivity index (χ1n) is 4.44. The SMILES string of the molecule is COC(=O)c1nn(C)c2cc(F)c(F)cc12. The largest absolute Gasteiger partial charge is 0.464 e. The topological polar surface area (TPSA) is 44.1 Å². The summed E-state index contributed by atoms with van der Waals surface area (Å²) >= 11 is 0. The van der Waals surface area contributed by atoms with Gasteiger partial charge in [0.15, 0.2) is 17.3 Å². The van der Waals surface area contributed by atoms with Gasteiger partial charge in [0.1, 0.15) is 0 Å². The third-order valence-electron chi connectivity index (χ3n) is 2.27. The summed E-state index contributed by atoms with van der Waals surface area (Å²) in [6, 6.07) is 1.92. The number of carbonyl (C=O) groups excluding carboxylic acids is 1. The van der Waals surface area contributed by atoms with Crippen LogP contribution in [0.4, 0.5) is 8.78 Å². The predicted molar refractivity (Wildman–Crippen MR) is 52.0 cm³/mol. The first-order chi connectivity index (χ1) is 7.54. The summed E-state index contributed by atoms with van der Waals surface area (Å²) < 4.78 is 31.8. The highest BCUT2D eigenvalue weighted by Gasteiger charge is 2.18. The standard InChI is InChI=1S/C10H8F2N2O2/c1-14-8-4-7(12)6(11)3-5(8)9(13-14)10(15)16-2/h3-4H,1-2H3. The lowest BCUT2D eigenvalue weighted by Crippen LogP contribution is -2.03. The number of aromatic nitrogens is 2. The Hall–Kier alpha value is -1.98. The van der Waals surface area contributed by atoms with Crippen molar-refractivity contribution in [2.24, 2.45) is 7.05 Å². The number of nitrogens with zero attached hydrogens (tertiary/aromatic N) is 2. The van der Waals surface area contributed by atoms with Crippen molar-refractivity contribution in [2.75, 3.05) is 7.11 Å². The van der Waals surface area contributed by atoms with Crippen molar-refractivity contribution in [3.63, 3.8) is 0 Å². The molecule has 0 spiro atoms. The van der Waals surface area contributed by atoms with Crippen molar-refractivity contribution in [1.82, 2.24) is 9.78 Å². The summed E-state index contributed by atoms with van der Waals surface area (Å²) in [5.74, 6) is -2.69. The van der Waals surface area contributed by atoms with E-state index in [1.165, 1.54) is 18.8 Å². The van der Waals surface area contributed by atoms with Gasteiger partial charge in [-0.15, -0.1) is 0 Å². The van der Waals surface area contributed by atoms with Gasteiger partial charge in [-0.25, -0.2) is 13.6 Å². The summed E-state index contributed by atoms with van der Waals surface area (Å²) in [7, 11) is 2.73. The van der Waals surface area contributed by atoms with Crippen LogP contribution in [-0.2, 0) is 11.8 Å². The van der Waals surface area contributed by atoms with E-state index in [9.17, 15) is 13.6 Å². The molecule has 84 valence electrons. The molecule has 2 aromatic rings. The molecule has 0 bridgehead atoms. The van der Waals surface area contributed by atoms with E-state index in [1.807, 2.05) is 0 Å². The molecule has 0 atom stereocenters. The third kappa shape index (κ3) is 1.42. The third-order valence-corrected chi connectivity index (χ3v) is 2.27. The summed E-state index contributed by atoms with van der Waals surface area (Å²) in [6.45, 7) is 0. The second kappa shape index (κ2) is 3.55. The second-order valence-corrected chi connectivity index (χ2v) is 3.25. The van der Waals surface area contributed by atoms with Crippen LogP contribution in [0.15, 0.2) is 12.1 Å². The molecule has 16 heavy (non-hydrogen) atoms. The monoisotopic (exact) mass is 226 g/mol. The molecule has 0 unspecified atom stereocenters. The first kappa shape index (κ1) is 10.5. The fraction of sp³-hybridized carbons (Fsp3) is 0.200. The second-order valence-electron chi connectivity index (χ2n) is 3.25. The van der Waals surface area contributed by atoms with Crippen molar-refractivity contribution in [3.8, 4) is 0 Å². The maximum atomic E-state index is 13.0. The predicted octanol–water partition coefficient (Wildman–Crippen LogP) is 1.64. The van der Waals surface area contributed by atoms with Crippen LogP contribution < -0.4 is 0 Å². The maximum absolute atomic E-state index is 13.0. The lowest BCUT2D eigenvalue weighted by Gasteiger charge is -1.96. The Labute approximate surface area is 89.4 Å². The fourth-order valence-electron chi connectivity index (χ4n) is 1.50. The van der Waals surface area contributed by atoms with Gasteiger partial charge in [-0.05, 0) is 6.07 Å². The van der Waals surface area contributed by atoms with Gasteiger partial charge in [-0.2, -0.15) is 5.10 Å². The van der Waals surface area contributed by atoms with Crippen LogP contribution >= 0.6 is 0 Å². The average Bonchev–Trinajstić information content (AvgIpc) is 2.56. The highest BCUT2D eigenvalue weighted by atomic mass is 19.2. The molecule has 0 radical (unpaired) electrons. The Balaban J connectivity index is 2.78. The van der Waals surface area contributed by atoms with E-state index in [0.29, 0.717) is 5.52 Å². The molecule has 0 N–H and O–H groups in total. The van der Waals surface area contributed by atoms with Crippen molar-refractivity contribution >= 4 is 16.9 Å². The van der Waals surface area contributed by atoms with Crippen LogP contribution in [0, 0.1) is 11.6 Å². The molecule has 0 fully saturated rings. The minimum absolute atomic E-state index is 0.0288. The molecule has 2 rings (SSSR count). The van der Waals surface area contributed by atoms with Crippen molar-refractivity contribution in [3.05, 3.63) is 29.5 Å². The molecule has 0 aliphatic rings. The molecule has 1 aromatic heterocycles. The number of halogens is 2. The molecule has 0 aliphatic heterocycles. The van der Waals surface area contributed by atoms with E-state index in [2.05, 4.69) is 9.84 Å². The summed E-state index contributed by atoms with van der Waals surface area (Å²) in [5, 5.41) is 4.08. The minimum atomic E-state index is -1.02. The lowest BCUT2D eigenvalue weighted by atomic mass is 10.2. The number of aryl methyl sites for hydroxylation is 1. The van der Waals surface area contributed by atoms with E-state index in [-0.39, 0.29) is 11.1 Å². The number of esters is 1. The Morgan fingerprint density at radius 3 is 2.62 bits per heavy atom. The number of ether oxygens (including phenoxy) is 1. The number of carbonyl (C=O) groups is 1. The van der Waals surface area contributed by atoms with Crippen molar-refractivity contribution in [2.45, 2.75) is 0 Å². The van der Waals surface area contributed by atoms with Crippen LogP contribution in [0.3, 0.4) is 0 Å². The van der Waals surface area contributed by atoms with Gasteiger partial charge in [-0.3, -0.25) is 4.68 Å². The van der Waals surface area contributed by atoms with Gasteiger partial charge in [0.05, 0.1) is 12.6 Å². The van der Waals surface area contributed by atoms with Gasteiger partial charge in [0.2, 0.25) is 0 Å². The molecule has 0 saturated carbocycles. The Morgan fingerprint density at radius 1 is 1.38 bits per heavy atom. The van der Waals surface area contributed by atoms with Crippen molar-refractivity contribution < 1.29 is 18.3 Å². The number of fused-ring (bicyclic) bond motifs is 1. The first-order valence-corrected chi connectivity index (χ1v) is 4.44. The Kier molecular flexibility index (Phi) is 2.34. The minimum Gasteiger partial charge on any atom is -0.464 e. The number of hydrogen-bond donors (Lipinski definition) is 0. The Bertz CT molecular complexity index is 578. The van der Waals surface area contributed by atoms with Gasteiger partial charge in [0, 0.05) is 18.5 Å². The summed E-state index contributed by atoms with van der Waals surface area (Å²) in [6.07, 6.45) is 0. The number of methoxy groups -OCH3 is 1. The molecular formula is C10H8F2N2O2. The van der Waals surface area contributed by atoms with Crippen LogP contribution in [-0.4, -0.2) is 22.9 Å². The quantitative estimate of drug-likeness (QED) is 0.694. The molecule has 0 saturated heterocycles. The van der Waals surface area contributed by atoms with Gasteiger partial charge < -0.3 is 4.74 Å². The van der Waals surface area contributed by atoms with Gasteiger partial charge in [-0.1, -0.05) is 0 Å². The van der Waals surface area contributed by atoms with E-state index >= 15 is 0 Å². The average molecular weight is 226 g/mol. The fourth-order valence-corrected chi connectivity index (χ4v) is 1.50.